The molecule has 2 rings (SSSR count). The number of hydrogen-bond donors (Lipinski definition) is 2. The zero-order valence-corrected chi connectivity index (χ0v) is 10.1. The van der Waals surface area contributed by atoms with Gasteiger partial charge in [-0.1, -0.05) is 0 Å². The Labute approximate surface area is 94.7 Å². The van der Waals surface area contributed by atoms with Crippen LogP contribution in [0.3, 0.4) is 0 Å². The van der Waals surface area contributed by atoms with Gasteiger partial charge in [0.05, 0.1) is 16.8 Å². The molecule has 2 aromatic heterocycles. The first-order chi connectivity index (χ1) is 6.81. The fraction of sp³-hybridized carbons (Fsp3) is 0.222. The van der Waals surface area contributed by atoms with E-state index in [4.69, 9.17) is 0 Å². The van der Waals surface area contributed by atoms with Crippen molar-refractivity contribution in [1.29, 1.82) is 0 Å². The molecule has 14 heavy (non-hydrogen) atoms. The molecular formula is C9H10BrN3S. The Morgan fingerprint density at radius 1 is 1.64 bits per heavy atom. The SMILES string of the molecule is CNCc1cn[nH]c1-c1cc(Br)cs1. The normalized spacial score (nSPS) is 10.7. The number of aromatic nitrogens is 2. The Morgan fingerprint density at radius 3 is 3.14 bits per heavy atom. The van der Waals surface area contributed by atoms with Crippen LogP contribution >= 0.6 is 27.3 Å². The summed E-state index contributed by atoms with van der Waals surface area (Å²) in [4.78, 5) is 1.21. The van der Waals surface area contributed by atoms with Crippen LogP contribution in [0.1, 0.15) is 5.56 Å². The van der Waals surface area contributed by atoms with Crippen LogP contribution in [0.2, 0.25) is 0 Å². The van der Waals surface area contributed by atoms with Crippen molar-refractivity contribution in [3.05, 3.63) is 27.7 Å². The number of thiophene rings is 1. The van der Waals surface area contributed by atoms with E-state index in [0.717, 1.165) is 16.7 Å². The van der Waals surface area contributed by atoms with Crippen LogP contribution in [0.5, 0.6) is 0 Å². The van der Waals surface area contributed by atoms with Gasteiger partial charge in [-0.05, 0) is 29.0 Å². The van der Waals surface area contributed by atoms with Crippen LogP contribution in [0.15, 0.2) is 22.1 Å². The molecule has 0 aliphatic rings. The maximum Gasteiger partial charge on any atom is 0.0795 e. The molecule has 0 unspecified atom stereocenters. The quantitative estimate of drug-likeness (QED) is 0.901. The van der Waals surface area contributed by atoms with Crippen LogP contribution in [0.25, 0.3) is 10.6 Å². The number of halogens is 1. The number of nitrogens with one attached hydrogen (secondary N) is 2. The molecule has 0 radical (unpaired) electrons. The summed E-state index contributed by atoms with van der Waals surface area (Å²) >= 11 is 5.14. The molecule has 0 atom stereocenters. The highest BCUT2D eigenvalue weighted by molar-refractivity contribution is 9.10. The Kier molecular flexibility index (Phi) is 3.00. The van der Waals surface area contributed by atoms with E-state index in [1.807, 2.05) is 13.2 Å². The molecule has 5 heteroatoms. The maximum atomic E-state index is 4.05. The molecule has 3 nitrogen and oxygen atoms in total. The van der Waals surface area contributed by atoms with E-state index in [2.05, 4.69) is 42.9 Å². The van der Waals surface area contributed by atoms with Gasteiger partial charge in [-0.2, -0.15) is 5.10 Å². The van der Waals surface area contributed by atoms with Gasteiger partial charge in [-0.15, -0.1) is 11.3 Å². The van der Waals surface area contributed by atoms with E-state index in [1.165, 1.54) is 10.4 Å². The van der Waals surface area contributed by atoms with E-state index in [9.17, 15) is 0 Å². The average molecular weight is 272 g/mol. The summed E-state index contributed by atoms with van der Waals surface area (Å²) in [5.74, 6) is 0. The van der Waals surface area contributed by atoms with Crippen LogP contribution < -0.4 is 5.32 Å². The number of H-pyrrole nitrogens is 1. The van der Waals surface area contributed by atoms with Gasteiger partial charge in [0.1, 0.15) is 0 Å². The largest absolute Gasteiger partial charge is 0.316 e. The number of rotatable bonds is 3. The Morgan fingerprint density at radius 2 is 2.50 bits per heavy atom. The lowest BCUT2D eigenvalue weighted by Gasteiger charge is -1.98. The molecule has 0 saturated heterocycles. The molecule has 0 saturated carbocycles. The van der Waals surface area contributed by atoms with Gasteiger partial charge in [-0.3, -0.25) is 5.10 Å². The van der Waals surface area contributed by atoms with Gasteiger partial charge in [-0.25, -0.2) is 0 Å². The topological polar surface area (TPSA) is 40.7 Å². The lowest BCUT2D eigenvalue weighted by Crippen LogP contribution is -2.04. The summed E-state index contributed by atoms with van der Waals surface area (Å²) in [5.41, 5.74) is 2.30. The number of aromatic amines is 1. The highest BCUT2D eigenvalue weighted by atomic mass is 79.9. The van der Waals surface area contributed by atoms with Gasteiger partial charge in [0.2, 0.25) is 0 Å². The first-order valence-electron chi connectivity index (χ1n) is 4.22. The van der Waals surface area contributed by atoms with Crippen molar-refractivity contribution >= 4 is 27.3 Å². The van der Waals surface area contributed by atoms with E-state index >= 15 is 0 Å². The highest BCUT2D eigenvalue weighted by Gasteiger charge is 2.08. The maximum absolute atomic E-state index is 4.05. The van der Waals surface area contributed by atoms with Crippen LogP contribution in [-0.4, -0.2) is 17.2 Å². The third kappa shape index (κ3) is 1.89. The second kappa shape index (κ2) is 4.25. The Hall–Kier alpha value is -0.650. The van der Waals surface area contributed by atoms with Crippen LogP contribution in [0.4, 0.5) is 0 Å². The summed E-state index contributed by atoms with van der Waals surface area (Å²) in [6.45, 7) is 0.835. The molecule has 0 fully saturated rings. The van der Waals surface area contributed by atoms with Crippen molar-refractivity contribution in [3.63, 3.8) is 0 Å². The number of hydrogen-bond acceptors (Lipinski definition) is 3. The Balaban J connectivity index is 2.36. The van der Waals surface area contributed by atoms with Crippen molar-refractivity contribution < 1.29 is 0 Å². The second-order valence-corrected chi connectivity index (χ2v) is 4.76. The van der Waals surface area contributed by atoms with Gasteiger partial charge in [0, 0.05) is 22.0 Å². The van der Waals surface area contributed by atoms with Crippen molar-refractivity contribution in [2.24, 2.45) is 0 Å². The van der Waals surface area contributed by atoms with Crippen LogP contribution in [-0.2, 0) is 6.54 Å². The molecule has 0 amide bonds. The smallest absolute Gasteiger partial charge is 0.0795 e. The molecule has 2 N–H and O–H groups in total. The van der Waals surface area contributed by atoms with E-state index in [0.29, 0.717) is 0 Å². The Bertz CT molecular complexity index is 421. The predicted octanol–water partition coefficient (Wildman–Crippen LogP) is 2.62. The van der Waals surface area contributed by atoms with E-state index in [-0.39, 0.29) is 0 Å². The zero-order valence-electron chi connectivity index (χ0n) is 7.67. The first kappa shape index (κ1) is 9.89. The summed E-state index contributed by atoms with van der Waals surface area (Å²) in [6.07, 6.45) is 1.86. The summed E-state index contributed by atoms with van der Waals surface area (Å²) in [5, 5.41) is 12.3. The van der Waals surface area contributed by atoms with Crippen LogP contribution in [0, 0.1) is 0 Å². The van der Waals surface area contributed by atoms with E-state index < -0.39 is 0 Å². The minimum Gasteiger partial charge on any atom is -0.316 e. The second-order valence-electron chi connectivity index (χ2n) is 2.93. The molecule has 2 aromatic rings. The minimum atomic E-state index is 0.835. The highest BCUT2D eigenvalue weighted by Crippen LogP contribution is 2.30. The third-order valence-corrected chi connectivity index (χ3v) is 3.61. The predicted molar refractivity (Wildman–Crippen MR) is 62.4 cm³/mol. The van der Waals surface area contributed by atoms with Crippen molar-refractivity contribution in [2.45, 2.75) is 6.54 Å². The molecule has 0 aromatic carbocycles. The number of nitrogens with zero attached hydrogens (tertiary/aromatic N) is 1. The minimum absolute atomic E-state index is 0.835. The van der Waals surface area contributed by atoms with Crippen molar-refractivity contribution in [1.82, 2.24) is 15.5 Å². The lowest BCUT2D eigenvalue weighted by atomic mass is 10.2. The van der Waals surface area contributed by atoms with Crippen molar-refractivity contribution in [2.75, 3.05) is 7.05 Å². The molecular weight excluding hydrogens is 262 g/mol. The zero-order chi connectivity index (χ0) is 9.97. The standard InChI is InChI=1S/C9H10BrN3S/c1-11-3-6-4-12-13-9(6)8-2-7(10)5-14-8/h2,4-5,11H,3H2,1H3,(H,12,13). The molecule has 74 valence electrons. The van der Waals surface area contributed by atoms with Gasteiger partial charge in [0.25, 0.3) is 0 Å². The molecule has 2 heterocycles. The summed E-state index contributed by atoms with van der Waals surface area (Å²) < 4.78 is 1.11. The fourth-order valence-corrected chi connectivity index (χ4v) is 2.75. The van der Waals surface area contributed by atoms with Gasteiger partial charge < -0.3 is 5.32 Å². The van der Waals surface area contributed by atoms with Crippen molar-refractivity contribution in [3.8, 4) is 10.6 Å². The fourth-order valence-electron chi connectivity index (χ4n) is 1.29. The van der Waals surface area contributed by atoms with Gasteiger partial charge >= 0.3 is 0 Å². The molecule has 0 aliphatic carbocycles. The average Bonchev–Trinajstić information content (AvgIpc) is 2.74. The lowest BCUT2D eigenvalue weighted by molar-refractivity contribution is 0.820. The molecule has 0 aliphatic heterocycles. The summed E-state index contributed by atoms with van der Waals surface area (Å²) in [7, 11) is 1.93. The molecule has 0 bridgehead atoms. The van der Waals surface area contributed by atoms with E-state index in [1.54, 1.807) is 11.3 Å². The first-order valence-corrected chi connectivity index (χ1v) is 5.90. The van der Waals surface area contributed by atoms with Gasteiger partial charge in [0.15, 0.2) is 0 Å². The monoisotopic (exact) mass is 271 g/mol. The third-order valence-electron chi connectivity index (χ3n) is 1.90. The summed E-state index contributed by atoms with van der Waals surface area (Å²) in [6, 6.07) is 2.09. The molecule has 0 spiro atoms.